The summed E-state index contributed by atoms with van der Waals surface area (Å²) in [5.74, 6) is 0. The Hall–Kier alpha value is -7.37. The van der Waals surface area contributed by atoms with Gasteiger partial charge in [-0.1, -0.05) is 158 Å². The van der Waals surface area contributed by atoms with Crippen LogP contribution in [-0.4, -0.2) is 4.98 Å². The molecule has 0 aliphatic rings. The Morgan fingerprint density at radius 2 is 0.951 bits per heavy atom. The monoisotopic (exact) mass is 812 g/mol. The average Bonchev–Trinajstić information content (AvgIpc) is 3.94. The van der Waals surface area contributed by atoms with Crippen molar-refractivity contribution in [3.8, 4) is 44.0 Å². The summed E-state index contributed by atoms with van der Waals surface area (Å²) >= 11 is 3.65. The minimum absolute atomic E-state index is 1.06. The molecule has 0 aliphatic carbocycles. The van der Waals surface area contributed by atoms with Crippen LogP contribution in [0.3, 0.4) is 0 Å². The van der Waals surface area contributed by atoms with Gasteiger partial charge in [0.15, 0.2) is 0 Å². The van der Waals surface area contributed by atoms with Gasteiger partial charge in [0.1, 0.15) is 5.01 Å². The molecule has 0 amide bonds. The highest BCUT2D eigenvalue weighted by atomic mass is 32.1. The number of anilines is 3. The lowest BCUT2D eigenvalue weighted by Crippen LogP contribution is -2.10. The van der Waals surface area contributed by atoms with Crippen molar-refractivity contribution in [2.75, 3.05) is 4.90 Å². The lowest BCUT2D eigenvalue weighted by molar-refractivity contribution is 1.28. The Labute approximate surface area is 361 Å². The van der Waals surface area contributed by atoms with E-state index in [9.17, 15) is 0 Å². The van der Waals surface area contributed by atoms with Gasteiger partial charge in [0, 0.05) is 42.8 Å². The number of nitrogens with zero attached hydrogens (tertiary/aromatic N) is 2. The number of thiophene rings is 1. The number of hydrogen-bond acceptors (Lipinski definition) is 4. The van der Waals surface area contributed by atoms with E-state index in [1.807, 2.05) is 11.3 Å². The van der Waals surface area contributed by atoms with E-state index in [4.69, 9.17) is 4.98 Å². The van der Waals surface area contributed by atoms with E-state index in [2.05, 4.69) is 223 Å². The van der Waals surface area contributed by atoms with Gasteiger partial charge in [-0.15, -0.1) is 22.7 Å². The molecule has 0 N–H and O–H groups in total. The van der Waals surface area contributed by atoms with E-state index in [0.717, 1.165) is 33.1 Å². The third kappa shape index (κ3) is 6.27. The van der Waals surface area contributed by atoms with Gasteiger partial charge >= 0.3 is 0 Å². The highest BCUT2D eigenvalue weighted by Crippen LogP contribution is 2.45. The zero-order valence-electron chi connectivity index (χ0n) is 33.0. The lowest BCUT2D eigenvalue weighted by atomic mass is 9.93. The maximum absolute atomic E-state index is 5.03. The number of thiazole rings is 1. The maximum atomic E-state index is 5.03. The molecular formula is C57H36N2S2. The first-order valence-electron chi connectivity index (χ1n) is 20.6. The molecule has 0 radical (unpaired) electrons. The first kappa shape index (κ1) is 35.6. The Kier molecular flexibility index (Phi) is 8.58. The molecule has 0 aliphatic heterocycles. The molecule has 2 aromatic heterocycles. The van der Waals surface area contributed by atoms with Gasteiger partial charge in [0.05, 0.1) is 10.2 Å². The molecule has 286 valence electrons. The molecule has 2 heterocycles. The van der Waals surface area contributed by atoms with E-state index < -0.39 is 0 Å². The zero-order valence-corrected chi connectivity index (χ0v) is 34.6. The van der Waals surface area contributed by atoms with E-state index in [0.29, 0.717) is 0 Å². The van der Waals surface area contributed by atoms with Gasteiger partial charge < -0.3 is 4.90 Å². The second kappa shape index (κ2) is 14.7. The first-order chi connectivity index (χ1) is 30.2. The minimum atomic E-state index is 1.06. The Morgan fingerprint density at radius 1 is 0.344 bits per heavy atom. The number of benzene rings is 10. The number of aromatic nitrogens is 1. The molecule has 10 aromatic carbocycles. The van der Waals surface area contributed by atoms with Crippen molar-refractivity contribution in [2.24, 2.45) is 0 Å². The fourth-order valence-corrected chi connectivity index (χ4v) is 11.3. The zero-order chi connectivity index (χ0) is 40.3. The highest BCUT2D eigenvalue weighted by Gasteiger charge is 2.17. The third-order valence-electron chi connectivity index (χ3n) is 11.9. The molecule has 12 aromatic rings. The van der Waals surface area contributed by atoms with Crippen LogP contribution >= 0.6 is 22.7 Å². The number of hydrogen-bond donors (Lipinski definition) is 0. The topological polar surface area (TPSA) is 16.1 Å². The van der Waals surface area contributed by atoms with Crippen LogP contribution in [0.1, 0.15) is 0 Å². The van der Waals surface area contributed by atoms with E-state index in [1.54, 1.807) is 11.3 Å². The molecule has 0 atom stereocenters. The first-order valence-corrected chi connectivity index (χ1v) is 22.2. The molecule has 0 saturated carbocycles. The predicted molar refractivity (Wildman–Crippen MR) is 264 cm³/mol. The van der Waals surface area contributed by atoms with Crippen molar-refractivity contribution >= 4 is 91.7 Å². The summed E-state index contributed by atoms with van der Waals surface area (Å²) in [4.78, 5) is 7.40. The van der Waals surface area contributed by atoms with E-state index >= 15 is 0 Å². The van der Waals surface area contributed by atoms with Crippen molar-refractivity contribution in [1.82, 2.24) is 4.98 Å². The predicted octanol–water partition coefficient (Wildman–Crippen LogP) is 17.1. The normalized spacial score (nSPS) is 11.6. The number of fused-ring (bicyclic) bond motifs is 8. The molecule has 0 fully saturated rings. The van der Waals surface area contributed by atoms with Crippen LogP contribution < -0.4 is 4.90 Å². The van der Waals surface area contributed by atoms with Crippen molar-refractivity contribution in [3.63, 3.8) is 0 Å². The highest BCUT2D eigenvalue weighted by molar-refractivity contribution is 7.28. The maximum Gasteiger partial charge on any atom is 0.124 e. The molecule has 0 saturated heterocycles. The van der Waals surface area contributed by atoms with Crippen LogP contribution in [0.5, 0.6) is 0 Å². The molecule has 12 rings (SSSR count). The minimum Gasteiger partial charge on any atom is -0.310 e. The standard InChI is InChI=1S/C57H36N2S2/c1-3-12-37(13-4-1)41-17-11-18-46(34-41)59(45-29-24-39(25-30-45)51-35-43-16-7-8-19-47(43)48-20-9-10-21-49(48)51)44-27-22-38(23-28-44)42-26-31-50-54(36-42)60-53-33-32-52-56(55(50)53)61-57(58-52)40-14-5-2-6-15-40/h1-36H. The molecule has 61 heavy (non-hydrogen) atoms. The summed E-state index contributed by atoms with van der Waals surface area (Å²) in [6.07, 6.45) is 0. The molecule has 0 unspecified atom stereocenters. The summed E-state index contributed by atoms with van der Waals surface area (Å²) in [6.45, 7) is 0. The summed E-state index contributed by atoms with van der Waals surface area (Å²) in [5.41, 5.74) is 12.7. The van der Waals surface area contributed by atoms with Gasteiger partial charge in [-0.2, -0.15) is 0 Å². The fourth-order valence-electron chi connectivity index (χ4n) is 8.92. The summed E-state index contributed by atoms with van der Waals surface area (Å²) in [5, 5.41) is 8.74. The van der Waals surface area contributed by atoms with Crippen LogP contribution in [0, 0.1) is 0 Å². The van der Waals surface area contributed by atoms with Crippen LogP contribution in [-0.2, 0) is 0 Å². The van der Waals surface area contributed by atoms with Crippen molar-refractivity contribution < 1.29 is 0 Å². The van der Waals surface area contributed by atoms with Gasteiger partial charge in [-0.25, -0.2) is 4.98 Å². The van der Waals surface area contributed by atoms with Gasteiger partial charge in [0.25, 0.3) is 0 Å². The smallest absolute Gasteiger partial charge is 0.124 e. The Bertz CT molecular complexity index is 3570. The van der Waals surface area contributed by atoms with Crippen LogP contribution in [0.2, 0.25) is 0 Å². The van der Waals surface area contributed by atoms with Crippen LogP contribution in [0.15, 0.2) is 218 Å². The molecular weight excluding hydrogens is 777 g/mol. The molecule has 0 spiro atoms. The molecule has 2 nitrogen and oxygen atoms in total. The van der Waals surface area contributed by atoms with Crippen LogP contribution in [0.25, 0.3) is 95.9 Å². The molecule has 4 heteroatoms. The van der Waals surface area contributed by atoms with Gasteiger partial charge in [0.2, 0.25) is 0 Å². The SMILES string of the molecule is c1ccc(-c2cccc(N(c3ccc(-c4ccc5c(c4)sc4ccc6nc(-c7ccccc7)sc6c45)cc3)c3ccc(-c4cc5ccccc5c5ccccc45)cc3)c2)cc1. The van der Waals surface area contributed by atoms with E-state index in [1.165, 1.54) is 79.8 Å². The average molecular weight is 813 g/mol. The third-order valence-corrected chi connectivity index (χ3v) is 14.1. The summed E-state index contributed by atoms with van der Waals surface area (Å²) < 4.78 is 3.85. The van der Waals surface area contributed by atoms with E-state index in [-0.39, 0.29) is 0 Å². The van der Waals surface area contributed by atoms with Gasteiger partial charge in [-0.05, 0) is 116 Å². The second-order valence-electron chi connectivity index (χ2n) is 15.5. The fraction of sp³-hybridized carbons (Fsp3) is 0. The summed E-state index contributed by atoms with van der Waals surface area (Å²) in [7, 11) is 0. The number of rotatable bonds is 7. The second-order valence-corrected chi connectivity index (χ2v) is 17.6. The van der Waals surface area contributed by atoms with Crippen molar-refractivity contribution in [1.29, 1.82) is 0 Å². The summed E-state index contributed by atoms with van der Waals surface area (Å²) in [6, 6.07) is 79.3. The Balaban J connectivity index is 0.927. The van der Waals surface area contributed by atoms with Crippen LogP contribution in [0.4, 0.5) is 17.1 Å². The van der Waals surface area contributed by atoms with Crippen molar-refractivity contribution in [2.45, 2.75) is 0 Å². The molecule has 0 bridgehead atoms. The Morgan fingerprint density at radius 3 is 1.72 bits per heavy atom. The lowest BCUT2D eigenvalue weighted by Gasteiger charge is -2.26. The quantitative estimate of drug-likeness (QED) is 0.149. The van der Waals surface area contributed by atoms with Gasteiger partial charge in [-0.3, -0.25) is 0 Å². The largest absolute Gasteiger partial charge is 0.310 e. The van der Waals surface area contributed by atoms with Crippen molar-refractivity contribution in [3.05, 3.63) is 218 Å².